The van der Waals surface area contributed by atoms with Crippen molar-refractivity contribution in [2.45, 2.75) is 12.7 Å². The summed E-state index contributed by atoms with van der Waals surface area (Å²) in [5.41, 5.74) is 0.536. The van der Waals surface area contributed by atoms with E-state index in [-0.39, 0.29) is 18.7 Å². The Morgan fingerprint density at radius 2 is 2.25 bits per heavy atom. The normalized spacial score (nSPS) is 12.8. The Morgan fingerprint density at radius 1 is 1.56 bits per heavy atom. The smallest absolute Gasteiger partial charge is 0.134 e. The summed E-state index contributed by atoms with van der Waals surface area (Å²) in [6.45, 7) is 0.398. The van der Waals surface area contributed by atoms with Crippen LogP contribution in [0.3, 0.4) is 0 Å². The summed E-state index contributed by atoms with van der Waals surface area (Å²) in [5.74, 6) is -0.464. The van der Waals surface area contributed by atoms with E-state index in [1.807, 2.05) is 0 Å². The highest BCUT2D eigenvalue weighted by molar-refractivity contribution is 6.30. The Kier molecular flexibility index (Phi) is 5.15. The van der Waals surface area contributed by atoms with Crippen molar-refractivity contribution >= 4 is 11.6 Å². The molecule has 0 bridgehead atoms. The van der Waals surface area contributed by atoms with E-state index in [2.05, 4.69) is 5.32 Å². The van der Waals surface area contributed by atoms with Crippen LogP contribution in [0.15, 0.2) is 12.1 Å². The number of likely N-dealkylation sites (N-methyl/N-ethyl adjacent to an activating group) is 1. The fraction of sp³-hybridized carbons (Fsp3) is 0.455. The van der Waals surface area contributed by atoms with E-state index in [0.29, 0.717) is 10.6 Å². The number of ether oxygens (including phenoxy) is 1. The van der Waals surface area contributed by atoms with Crippen LogP contribution in [0.5, 0.6) is 0 Å². The van der Waals surface area contributed by atoms with Crippen LogP contribution in [-0.4, -0.2) is 25.8 Å². The fourth-order valence-electron chi connectivity index (χ4n) is 1.48. The van der Waals surface area contributed by atoms with Crippen molar-refractivity contribution in [2.24, 2.45) is 0 Å². The van der Waals surface area contributed by atoms with Gasteiger partial charge in [-0.15, -0.1) is 0 Å². The van der Waals surface area contributed by atoms with Crippen LogP contribution in [0, 0.1) is 5.82 Å². The first kappa shape index (κ1) is 13.4. The lowest BCUT2D eigenvalue weighted by Gasteiger charge is -2.14. The molecule has 0 aliphatic rings. The summed E-state index contributed by atoms with van der Waals surface area (Å²) in [7, 11) is 3.16. The van der Waals surface area contributed by atoms with E-state index in [1.54, 1.807) is 7.05 Å². The second-order valence-corrected chi connectivity index (χ2v) is 3.91. The quantitative estimate of drug-likeness (QED) is 0.835. The number of nitrogens with one attached hydrogen (secondary N) is 1. The van der Waals surface area contributed by atoms with Crippen molar-refractivity contribution in [3.05, 3.63) is 34.1 Å². The van der Waals surface area contributed by atoms with Gasteiger partial charge >= 0.3 is 0 Å². The van der Waals surface area contributed by atoms with Crippen LogP contribution < -0.4 is 5.32 Å². The predicted molar refractivity (Wildman–Crippen MR) is 61.0 cm³/mol. The summed E-state index contributed by atoms with van der Waals surface area (Å²) in [4.78, 5) is 0. The molecular formula is C11H15ClFNO2. The molecule has 0 amide bonds. The first-order valence-corrected chi connectivity index (χ1v) is 5.27. The van der Waals surface area contributed by atoms with Gasteiger partial charge in [-0.3, -0.25) is 0 Å². The van der Waals surface area contributed by atoms with Crippen molar-refractivity contribution in [1.82, 2.24) is 5.32 Å². The average Bonchev–Trinajstić information content (AvgIpc) is 2.23. The summed E-state index contributed by atoms with van der Waals surface area (Å²) >= 11 is 5.85. The number of hydrogen-bond donors (Lipinski definition) is 2. The zero-order valence-electron chi connectivity index (χ0n) is 9.26. The molecule has 16 heavy (non-hydrogen) atoms. The lowest BCUT2D eigenvalue weighted by atomic mass is 10.0. The highest BCUT2D eigenvalue weighted by Crippen LogP contribution is 2.25. The van der Waals surface area contributed by atoms with E-state index in [1.165, 1.54) is 19.2 Å². The minimum Gasteiger partial charge on any atom is -0.387 e. The van der Waals surface area contributed by atoms with Gasteiger partial charge in [0.15, 0.2) is 0 Å². The number of aliphatic hydroxyl groups is 1. The number of rotatable bonds is 5. The zero-order valence-corrected chi connectivity index (χ0v) is 10.0. The lowest BCUT2D eigenvalue weighted by molar-refractivity contribution is 0.167. The standard InChI is InChI=1S/C11H15ClFNO2/c1-14-5-10(15)9-4-8(12)3-7(6-16-2)11(9)13/h3-4,10,14-15H,5-6H2,1-2H3. The summed E-state index contributed by atoms with van der Waals surface area (Å²) in [5, 5.41) is 12.9. The molecule has 1 unspecified atom stereocenters. The van der Waals surface area contributed by atoms with Gasteiger partial charge in [0.25, 0.3) is 0 Å². The number of hydrogen-bond acceptors (Lipinski definition) is 3. The Balaban J connectivity index is 3.07. The maximum absolute atomic E-state index is 13.9. The van der Waals surface area contributed by atoms with Crippen molar-refractivity contribution in [1.29, 1.82) is 0 Å². The molecule has 0 spiro atoms. The molecule has 0 saturated heterocycles. The van der Waals surface area contributed by atoms with Crippen molar-refractivity contribution in [3.8, 4) is 0 Å². The SMILES string of the molecule is CNCC(O)c1cc(Cl)cc(COC)c1F. The first-order chi connectivity index (χ1) is 7.60. The molecule has 0 radical (unpaired) electrons. The van der Waals surface area contributed by atoms with Gasteiger partial charge in [0, 0.05) is 29.8 Å². The van der Waals surface area contributed by atoms with Gasteiger partial charge < -0.3 is 15.2 Å². The third-order valence-corrected chi connectivity index (χ3v) is 2.42. The molecule has 2 N–H and O–H groups in total. The summed E-state index contributed by atoms with van der Waals surface area (Å²) < 4.78 is 18.7. The zero-order chi connectivity index (χ0) is 12.1. The fourth-order valence-corrected chi connectivity index (χ4v) is 1.72. The molecule has 0 heterocycles. The predicted octanol–water partition coefficient (Wildman–Crippen LogP) is 1.88. The number of halogens is 2. The third kappa shape index (κ3) is 3.15. The molecule has 0 aliphatic heterocycles. The Labute approximate surface area is 99.2 Å². The maximum Gasteiger partial charge on any atom is 0.134 e. The summed E-state index contributed by atoms with van der Waals surface area (Å²) in [6, 6.07) is 2.92. The van der Waals surface area contributed by atoms with E-state index in [0.717, 1.165) is 0 Å². The topological polar surface area (TPSA) is 41.5 Å². The third-order valence-electron chi connectivity index (χ3n) is 2.20. The average molecular weight is 248 g/mol. The maximum atomic E-state index is 13.9. The minimum absolute atomic E-state index is 0.131. The van der Waals surface area contributed by atoms with Crippen LogP contribution in [-0.2, 0) is 11.3 Å². The molecule has 3 nitrogen and oxygen atoms in total. The van der Waals surface area contributed by atoms with Crippen LogP contribution in [0.4, 0.5) is 4.39 Å². The van der Waals surface area contributed by atoms with Crippen LogP contribution in [0.1, 0.15) is 17.2 Å². The van der Waals surface area contributed by atoms with Crippen molar-refractivity contribution in [2.75, 3.05) is 20.7 Å². The number of aliphatic hydroxyl groups excluding tert-OH is 1. The highest BCUT2D eigenvalue weighted by Gasteiger charge is 2.16. The molecule has 5 heteroatoms. The molecule has 0 aliphatic carbocycles. The van der Waals surface area contributed by atoms with Crippen LogP contribution >= 0.6 is 11.6 Å². The minimum atomic E-state index is -0.917. The van der Waals surface area contributed by atoms with Gasteiger partial charge in [-0.25, -0.2) is 4.39 Å². The second-order valence-electron chi connectivity index (χ2n) is 3.47. The molecule has 0 saturated carbocycles. The highest BCUT2D eigenvalue weighted by atomic mass is 35.5. The van der Waals surface area contributed by atoms with Crippen molar-refractivity contribution < 1.29 is 14.2 Å². The van der Waals surface area contributed by atoms with Gasteiger partial charge in [0.05, 0.1) is 12.7 Å². The number of benzene rings is 1. The van der Waals surface area contributed by atoms with E-state index in [4.69, 9.17) is 16.3 Å². The first-order valence-electron chi connectivity index (χ1n) is 4.89. The molecule has 90 valence electrons. The van der Waals surface area contributed by atoms with Gasteiger partial charge in [0.2, 0.25) is 0 Å². The van der Waals surface area contributed by atoms with Gasteiger partial charge in [-0.2, -0.15) is 0 Å². The summed E-state index contributed by atoms with van der Waals surface area (Å²) in [6.07, 6.45) is -0.917. The molecule has 1 atom stereocenters. The van der Waals surface area contributed by atoms with Gasteiger partial charge in [0.1, 0.15) is 5.82 Å². The molecule has 1 aromatic rings. The van der Waals surface area contributed by atoms with Crippen molar-refractivity contribution in [3.63, 3.8) is 0 Å². The number of methoxy groups -OCH3 is 1. The Hall–Kier alpha value is -0.680. The molecule has 0 fully saturated rings. The van der Waals surface area contributed by atoms with E-state index in [9.17, 15) is 9.50 Å². The largest absolute Gasteiger partial charge is 0.387 e. The lowest BCUT2D eigenvalue weighted by Crippen LogP contribution is -2.18. The van der Waals surface area contributed by atoms with Gasteiger partial charge in [-0.05, 0) is 19.2 Å². The van der Waals surface area contributed by atoms with Crippen LogP contribution in [0.2, 0.25) is 5.02 Å². The molecule has 0 aromatic heterocycles. The second kappa shape index (κ2) is 6.15. The van der Waals surface area contributed by atoms with E-state index >= 15 is 0 Å². The molecule has 1 aromatic carbocycles. The van der Waals surface area contributed by atoms with Gasteiger partial charge in [-0.1, -0.05) is 11.6 Å². The molecule has 1 rings (SSSR count). The Morgan fingerprint density at radius 3 is 2.81 bits per heavy atom. The monoisotopic (exact) mass is 247 g/mol. The Bertz CT molecular complexity index is 360. The van der Waals surface area contributed by atoms with Crippen LogP contribution in [0.25, 0.3) is 0 Å². The molecular weight excluding hydrogens is 233 g/mol. The van der Waals surface area contributed by atoms with E-state index < -0.39 is 11.9 Å².